The Bertz CT molecular complexity index is 542. The summed E-state index contributed by atoms with van der Waals surface area (Å²) in [5.74, 6) is 1.08. The van der Waals surface area contributed by atoms with Crippen LogP contribution in [0, 0.1) is 11.3 Å². The Morgan fingerprint density at radius 2 is 2.11 bits per heavy atom. The molecule has 0 radical (unpaired) electrons. The van der Waals surface area contributed by atoms with Crippen molar-refractivity contribution in [2.24, 2.45) is 10.7 Å². The van der Waals surface area contributed by atoms with Gasteiger partial charge in [0.25, 0.3) is 0 Å². The van der Waals surface area contributed by atoms with Crippen LogP contribution in [0.25, 0.3) is 0 Å². The van der Waals surface area contributed by atoms with Gasteiger partial charge in [0.15, 0.2) is 0 Å². The minimum Gasteiger partial charge on any atom is -0.383 e. The molecule has 0 saturated carbocycles. The predicted octanol–water partition coefficient (Wildman–Crippen LogP) is 2.59. The third-order valence-corrected chi connectivity index (χ3v) is 3.55. The Hall–Kier alpha value is -1.64. The molecule has 0 aliphatic carbocycles. The summed E-state index contributed by atoms with van der Waals surface area (Å²) in [6.45, 7) is 0.619. The van der Waals surface area contributed by atoms with Crippen molar-refractivity contribution >= 4 is 34.9 Å². The van der Waals surface area contributed by atoms with Crippen LogP contribution in [0.15, 0.2) is 39.9 Å². The van der Waals surface area contributed by atoms with E-state index in [-0.39, 0.29) is 0 Å². The van der Waals surface area contributed by atoms with E-state index in [0.29, 0.717) is 23.0 Å². The number of thioether (sulfide) groups is 1. The highest BCUT2D eigenvalue weighted by Gasteiger charge is 2.14. The van der Waals surface area contributed by atoms with E-state index in [0.717, 1.165) is 16.5 Å². The van der Waals surface area contributed by atoms with E-state index in [1.54, 1.807) is 12.1 Å². The van der Waals surface area contributed by atoms with Crippen LogP contribution in [0.3, 0.4) is 0 Å². The minimum atomic E-state index is 0.291. The van der Waals surface area contributed by atoms with Gasteiger partial charge in [0.05, 0.1) is 11.6 Å². The van der Waals surface area contributed by atoms with Gasteiger partial charge in [-0.25, -0.2) is 0 Å². The molecule has 0 unspecified atom stereocenters. The van der Waals surface area contributed by atoms with Crippen LogP contribution in [0.4, 0.5) is 5.69 Å². The first-order chi connectivity index (χ1) is 8.70. The maximum atomic E-state index is 9.14. The van der Waals surface area contributed by atoms with Crippen LogP contribution in [0.2, 0.25) is 5.02 Å². The van der Waals surface area contributed by atoms with Gasteiger partial charge in [0.2, 0.25) is 0 Å². The van der Waals surface area contributed by atoms with Crippen LogP contribution in [0.5, 0.6) is 0 Å². The molecule has 1 heterocycles. The summed E-state index contributed by atoms with van der Waals surface area (Å²) in [4.78, 5) is 4.11. The molecule has 1 aliphatic rings. The summed E-state index contributed by atoms with van der Waals surface area (Å²) in [5.41, 5.74) is 7.01. The van der Waals surface area contributed by atoms with E-state index in [1.807, 2.05) is 12.1 Å². The number of benzene rings is 1. The highest BCUT2D eigenvalue weighted by atomic mass is 35.5. The zero-order chi connectivity index (χ0) is 13.0. The zero-order valence-electron chi connectivity index (χ0n) is 9.48. The molecule has 92 valence electrons. The van der Waals surface area contributed by atoms with E-state index in [4.69, 9.17) is 22.6 Å². The molecular weight excluding hydrogens is 268 g/mol. The number of nitrogens with zero attached hydrogens (tertiary/aromatic N) is 2. The van der Waals surface area contributed by atoms with Crippen LogP contribution in [0.1, 0.15) is 0 Å². The highest BCUT2D eigenvalue weighted by molar-refractivity contribution is 8.03. The second-order valence-corrected chi connectivity index (χ2v) is 5.10. The molecule has 0 fully saturated rings. The Labute approximate surface area is 115 Å². The maximum Gasteiger partial charge on any atom is 0.139 e. The van der Waals surface area contributed by atoms with Crippen molar-refractivity contribution in [2.45, 2.75) is 0 Å². The molecule has 0 amide bonds. The molecule has 6 heteroatoms. The quantitative estimate of drug-likeness (QED) is 0.872. The van der Waals surface area contributed by atoms with Gasteiger partial charge in [0, 0.05) is 16.5 Å². The van der Waals surface area contributed by atoms with Crippen molar-refractivity contribution in [3.63, 3.8) is 0 Å². The van der Waals surface area contributed by atoms with Crippen molar-refractivity contribution in [1.29, 1.82) is 5.26 Å². The first-order valence-electron chi connectivity index (χ1n) is 5.31. The van der Waals surface area contributed by atoms with Gasteiger partial charge in [-0.3, -0.25) is 4.99 Å². The van der Waals surface area contributed by atoms with E-state index in [2.05, 4.69) is 16.4 Å². The van der Waals surface area contributed by atoms with Crippen molar-refractivity contribution < 1.29 is 0 Å². The fourth-order valence-corrected chi connectivity index (χ4v) is 2.45. The summed E-state index contributed by atoms with van der Waals surface area (Å²) in [6.07, 6.45) is 0. The standard InChI is InChI=1S/C12H11ClN4S/c13-8-1-3-9(4-2-8)17-12-10(7-14)11(15)16-5-6-18-12/h1-4,17H,5-6H2,(H2,15,16). The number of nitrogens with two attached hydrogens (primary N) is 1. The van der Waals surface area contributed by atoms with Crippen LogP contribution in [-0.2, 0) is 0 Å². The topological polar surface area (TPSA) is 74.2 Å². The second-order valence-electron chi connectivity index (χ2n) is 3.56. The number of nitrogens with one attached hydrogen (secondary N) is 1. The van der Waals surface area contributed by atoms with E-state index in [1.165, 1.54) is 11.8 Å². The fourth-order valence-electron chi connectivity index (χ4n) is 1.45. The predicted molar refractivity (Wildman–Crippen MR) is 76.7 cm³/mol. The molecule has 4 nitrogen and oxygen atoms in total. The van der Waals surface area contributed by atoms with Gasteiger partial charge in [0.1, 0.15) is 17.5 Å². The lowest BCUT2D eigenvalue weighted by molar-refractivity contribution is 1.14. The van der Waals surface area contributed by atoms with Crippen molar-refractivity contribution in [3.05, 3.63) is 39.9 Å². The van der Waals surface area contributed by atoms with Crippen LogP contribution in [-0.4, -0.2) is 18.1 Å². The Morgan fingerprint density at radius 3 is 2.78 bits per heavy atom. The van der Waals surface area contributed by atoms with E-state index < -0.39 is 0 Å². The Kier molecular flexibility index (Phi) is 4.13. The first kappa shape index (κ1) is 12.8. The first-order valence-corrected chi connectivity index (χ1v) is 6.67. The molecule has 1 aromatic rings. The molecule has 0 atom stereocenters. The van der Waals surface area contributed by atoms with Gasteiger partial charge >= 0.3 is 0 Å². The van der Waals surface area contributed by atoms with Gasteiger partial charge in [-0.1, -0.05) is 11.6 Å². The van der Waals surface area contributed by atoms with E-state index in [9.17, 15) is 0 Å². The van der Waals surface area contributed by atoms with Gasteiger partial charge in [-0.05, 0) is 24.3 Å². The number of aliphatic imine (C=N–C) groups is 1. The SMILES string of the molecule is N#CC1=C(Nc2ccc(Cl)cc2)SCCN=C1N. The molecule has 0 aromatic heterocycles. The van der Waals surface area contributed by atoms with Crippen LogP contribution < -0.4 is 11.1 Å². The molecule has 18 heavy (non-hydrogen) atoms. The summed E-state index contributed by atoms with van der Waals surface area (Å²) in [6, 6.07) is 9.36. The maximum absolute atomic E-state index is 9.14. The number of anilines is 1. The van der Waals surface area contributed by atoms with Gasteiger partial charge in [-0.2, -0.15) is 5.26 Å². The average Bonchev–Trinajstić information content (AvgIpc) is 2.54. The Balaban J connectivity index is 2.28. The van der Waals surface area contributed by atoms with Crippen LogP contribution >= 0.6 is 23.4 Å². The number of nitriles is 1. The molecule has 1 aromatic carbocycles. The fraction of sp³-hybridized carbons (Fsp3) is 0.167. The van der Waals surface area contributed by atoms with Gasteiger partial charge in [-0.15, -0.1) is 11.8 Å². The highest BCUT2D eigenvalue weighted by Crippen LogP contribution is 2.25. The van der Waals surface area contributed by atoms with Crippen molar-refractivity contribution in [1.82, 2.24) is 0 Å². The summed E-state index contributed by atoms with van der Waals surface area (Å²) < 4.78 is 0. The molecule has 0 bridgehead atoms. The third kappa shape index (κ3) is 2.97. The van der Waals surface area contributed by atoms with Gasteiger partial charge < -0.3 is 11.1 Å². The molecule has 0 spiro atoms. The monoisotopic (exact) mass is 278 g/mol. The lowest BCUT2D eigenvalue weighted by Gasteiger charge is -2.10. The number of halogens is 1. The molecule has 3 N–H and O–H groups in total. The molecular formula is C12H11ClN4S. The zero-order valence-corrected chi connectivity index (χ0v) is 11.1. The smallest absolute Gasteiger partial charge is 0.139 e. The lowest BCUT2D eigenvalue weighted by Crippen LogP contribution is -2.16. The molecule has 0 saturated heterocycles. The van der Waals surface area contributed by atoms with Crippen molar-refractivity contribution in [3.8, 4) is 6.07 Å². The summed E-state index contributed by atoms with van der Waals surface area (Å²) in [5, 5.41) is 13.7. The number of amidine groups is 1. The molecule has 1 aliphatic heterocycles. The third-order valence-electron chi connectivity index (χ3n) is 2.32. The normalized spacial score (nSPS) is 15.7. The number of hydrogen-bond acceptors (Lipinski definition) is 5. The second kappa shape index (κ2) is 5.80. The van der Waals surface area contributed by atoms with E-state index >= 15 is 0 Å². The van der Waals surface area contributed by atoms with Crippen molar-refractivity contribution in [2.75, 3.05) is 17.6 Å². The minimum absolute atomic E-state index is 0.291. The largest absolute Gasteiger partial charge is 0.383 e. The summed E-state index contributed by atoms with van der Waals surface area (Å²) in [7, 11) is 0. The summed E-state index contributed by atoms with van der Waals surface area (Å²) >= 11 is 7.36. The average molecular weight is 279 g/mol. The number of rotatable bonds is 2. The Morgan fingerprint density at radius 1 is 1.39 bits per heavy atom. The lowest BCUT2D eigenvalue weighted by atomic mass is 10.2. The number of hydrogen-bond donors (Lipinski definition) is 2. The molecule has 2 rings (SSSR count).